The molecule has 0 spiro atoms. The molecule has 3 aromatic rings. The Balaban J connectivity index is 1.64. The summed E-state index contributed by atoms with van der Waals surface area (Å²) < 4.78 is 10.6. The highest BCUT2D eigenvalue weighted by atomic mass is 16.5. The van der Waals surface area contributed by atoms with Crippen LogP contribution < -0.4 is 15.2 Å². The van der Waals surface area contributed by atoms with Gasteiger partial charge in [-0.2, -0.15) is 0 Å². The molecular formula is C22H24N4O3. The lowest BCUT2D eigenvalue weighted by atomic mass is 10.1. The van der Waals surface area contributed by atoms with Crippen molar-refractivity contribution in [1.29, 1.82) is 0 Å². The van der Waals surface area contributed by atoms with Gasteiger partial charge in [0.1, 0.15) is 5.82 Å². The average Bonchev–Trinajstić information content (AvgIpc) is 2.76. The molecule has 0 aliphatic rings. The standard InChI is InChI=1S/C22H24N4O3/c1-26(11-10-15-4-9-19(28-2)20(12-15)29-3)22(27)17-7-5-16(6-8-17)18-13-24-14-21(23)25-18/h4-9,12-14H,10-11H2,1-3H3,(H2,23,25). The van der Waals surface area contributed by atoms with Gasteiger partial charge in [0.25, 0.3) is 5.91 Å². The van der Waals surface area contributed by atoms with Crippen LogP contribution in [-0.2, 0) is 6.42 Å². The minimum absolute atomic E-state index is 0.0457. The lowest BCUT2D eigenvalue weighted by Gasteiger charge is -2.18. The number of nitrogens with two attached hydrogens (primary N) is 1. The van der Waals surface area contributed by atoms with E-state index in [9.17, 15) is 4.79 Å². The van der Waals surface area contributed by atoms with Crippen LogP contribution in [0.1, 0.15) is 15.9 Å². The summed E-state index contributed by atoms with van der Waals surface area (Å²) in [6, 6.07) is 13.0. The van der Waals surface area contributed by atoms with Crippen LogP contribution in [-0.4, -0.2) is 48.6 Å². The first-order valence-corrected chi connectivity index (χ1v) is 9.16. The van der Waals surface area contributed by atoms with E-state index in [-0.39, 0.29) is 5.91 Å². The highest BCUT2D eigenvalue weighted by molar-refractivity contribution is 5.94. The number of amides is 1. The van der Waals surface area contributed by atoms with Crippen LogP contribution in [0, 0.1) is 0 Å². The number of nitrogens with zero attached hydrogens (tertiary/aromatic N) is 3. The molecule has 2 N–H and O–H groups in total. The van der Waals surface area contributed by atoms with E-state index in [4.69, 9.17) is 15.2 Å². The molecule has 0 aliphatic heterocycles. The highest BCUT2D eigenvalue weighted by Crippen LogP contribution is 2.27. The quantitative estimate of drug-likeness (QED) is 0.665. The van der Waals surface area contributed by atoms with Crippen molar-refractivity contribution >= 4 is 11.7 Å². The van der Waals surface area contributed by atoms with E-state index in [1.165, 1.54) is 6.20 Å². The maximum atomic E-state index is 12.7. The number of rotatable bonds is 7. The van der Waals surface area contributed by atoms with Crippen molar-refractivity contribution in [3.8, 4) is 22.8 Å². The second-order valence-electron chi connectivity index (χ2n) is 6.57. The van der Waals surface area contributed by atoms with Gasteiger partial charge in [-0.1, -0.05) is 18.2 Å². The summed E-state index contributed by atoms with van der Waals surface area (Å²) in [5, 5.41) is 0. The normalized spacial score (nSPS) is 10.4. The SMILES string of the molecule is COc1ccc(CCN(C)C(=O)c2ccc(-c3cncc(N)n3)cc2)cc1OC. The number of carbonyl (C=O) groups excluding carboxylic acids is 1. The molecule has 7 heteroatoms. The van der Waals surface area contributed by atoms with Gasteiger partial charge < -0.3 is 20.1 Å². The Morgan fingerprint density at radius 1 is 1.03 bits per heavy atom. The van der Waals surface area contributed by atoms with Crippen molar-refractivity contribution in [2.45, 2.75) is 6.42 Å². The molecule has 0 unspecified atom stereocenters. The minimum atomic E-state index is -0.0457. The third-order valence-corrected chi connectivity index (χ3v) is 4.61. The molecule has 3 rings (SSSR count). The Kier molecular flexibility index (Phi) is 6.29. The number of hydrogen-bond donors (Lipinski definition) is 1. The van der Waals surface area contributed by atoms with E-state index in [0.717, 1.165) is 11.1 Å². The van der Waals surface area contributed by atoms with E-state index in [1.54, 1.807) is 44.5 Å². The molecule has 0 bridgehead atoms. The molecule has 150 valence electrons. The van der Waals surface area contributed by atoms with E-state index in [1.807, 2.05) is 30.3 Å². The molecule has 0 aliphatic carbocycles. The van der Waals surface area contributed by atoms with Gasteiger partial charge in [0.15, 0.2) is 11.5 Å². The summed E-state index contributed by atoms with van der Waals surface area (Å²) in [6.07, 6.45) is 3.84. The number of ether oxygens (including phenoxy) is 2. The molecule has 7 nitrogen and oxygen atoms in total. The maximum absolute atomic E-state index is 12.7. The lowest BCUT2D eigenvalue weighted by Crippen LogP contribution is -2.28. The van der Waals surface area contributed by atoms with Crippen LogP contribution in [0.15, 0.2) is 54.9 Å². The second-order valence-corrected chi connectivity index (χ2v) is 6.57. The van der Waals surface area contributed by atoms with Crippen molar-refractivity contribution < 1.29 is 14.3 Å². The zero-order valence-electron chi connectivity index (χ0n) is 16.8. The fraction of sp³-hybridized carbons (Fsp3) is 0.227. The smallest absolute Gasteiger partial charge is 0.253 e. The van der Waals surface area contributed by atoms with Gasteiger partial charge >= 0.3 is 0 Å². The van der Waals surface area contributed by atoms with Gasteiger partial charge in [0, 0.05) is 24.7 Å². The molecular weight excluding hydrogens is 368 g/mol. The number of carbonyl (C=O) groups is 1. The number of likely N-dealkylation sites (N-methyl/N-ethyl adjacent to an activating group) is 1. The Morgan fingerprint density at radius 2 is 1.76 bits per heavy atom. The summed E-state index contributed by atoms with van der Waals surface area (Å²) in [5.74, 6) is 1.68. The van der Waals surface area contributed by atoms with Gasteiger partial charge in [0.2, 0.25) is 0 Å². The molecule has 0 atom stereocenters. The number of nitrogen functional groups attached to an aromatic ring is 1. The zero-order valence-corrected chi connectivity index (χ0v) is 16.8. The number of benzene rings is 2. The summed E-state index contributed by atoms with van der Waals surface area (Å²) in [6.45, 7) is 0.580. The van der Waals surface area contributed by atoms with Gasteiger partial charge in [-0.05, 0) is 36.2 Å². The first-order valence-electron chi connectivity index (χ1n) is 9.16. The van der Waals surface area contributed by atoms with Crippen molar-refractivity contribution in [2.75, 3.05) is 33.5 Å². The number of aromatic nitrogens is 2. The highest BCUT2D eigenvalue weighted by Gasteiger charge is 2.13. The third-order valence-electron chi connectivity index (χ3n) is 4.61. The van der Waals surface area contributed by atoms with Crippen LogP contribution in [0.25, 0.3) is 11.3 Å². The van der Waals surface area contributed by atoms with Crippen LogP contribution in [0.4, 0.5) is 5.82 Å². The van der Waals surface area contributed by atoms with E-state index in [2.05, 4.69) is 9.97 Å². The Bertz CT molecular complexity index is 990. The Hall–Kier alpha value is -3.61. The molecule has 1 heterocycles. The van der Waals surface area contributed by atoms with Gasteiger partial charge in [-0.3, -0.25) is 9.78 Å². The Labute approximate surface area is 170 Å². The largest absolute Gasteiger partial charge is 0.493 e. The first-order chi connectivity index (χ1) is 14.0. The molecule has 0 radical (unpaired) electrons. The lowest BCUT2D eigenvalue weighted by molar-refractivity contribution is 0.0796. The van der Waals surface area contributed by atoms with E-state index in [0.29, 0.717) is 41.5 Å². The summed E-state index contributed by atoms with van der Waals surface area (Å²) >= 11 is 0. The number of methoxy groups -OCH3 is 2. The molecule has 29 heavy (non-hydrogen) atoms. The van der Waals surface area contributed by atoms with E-state index >= 15 is 0 Å². The predicted octanol–water partition coefficient (Wildman–Crippen LogP) is 3.06. The molecule has 1 aromatic heterocycles. The zero-order chi connectivity index (χ0) is 20.8. The summed E-state index contributed by atoms with van der Waals surface area (Å²) in [5.41, 5.74) is 8.89. The molecule has 0 saturated heterocycles. The topological polar surface area (TPSA) is 90.6 Å². The molecule has 2 aromatic carbocycles. The van der Waals surface area contributed by atoms with Gasteiger partial charge in [-0.15, -0.1) is 0 Å². The second kappa shape index (κ2) is 9.05. The predicted molar refractivity (Wildman–Crippen MR) is 112 cm³/mol. The Morgan fingerprint density at radius 3 is 2.41 bits per heavy atom. The van der Waals surface area contributed by atoms with Crippen molar-refractivity contribution in [1.82, 2.24) is 14.9 Å². The maximum Gasteiger partial charge on any atom is 0.253 e. The van der Waals surface area contributed by atoms with E-state index < -0.39 is 0 Å². The van der Waals surface area contributed by atoms with Crippen molar-refractivity contribution in [3.05, 3.63) is 66.0 Å². The number of hydrogen-bond acceptors (Lipinski definition) is 6. The first kappa shape index (κ1) is 20.1. The summed E-state index contributed by atoms with van der Waals surface area (Å²) in [4.78, 5) is 22.7. The van der Waals surface area contributed by atoms with Gasteiger partial charge in [-0.25, -0.2) is 4.98 Å². The van der Waals surface area contributed by atoms with Crippen LogP contribution in [0.3, 0.4) is 0 Å². The van der Waals surface area contributed by atoms with Crippen LogP contribution in [0.5, 0.6) is 11.5 Å². The fourth-order valence-corrected chi connectivity index (χ4v) is 2.96. The number of anilines is 1. The van der Waals surface area contributed by atoms with Crippen molar-refractivity contribution in [3.63, 3.8) is 0 Å². The van der Waals surface area contributed by atoms with Crippen molar-refractivity contribution in [2.24, 2.45) is 0 Å². The average molecular weight is 392 g/mol. The molecule has 0 fully saturated rings. The van der Waals surface area contributed by atoms with Gasteiger partial charge in [0.05, 0.1) is 32.3 Å². The van der Waals surface area contributed by atoms with Crippen LogP contribution in [0.2, 0.25) is 0 Å². The fourth-order valence-electron chi connectivity index (χ4n) is 2.96. The molecule has 1 amide bonds. The van der Waals surface area contributed by atoms with Crippen LogP contribution >= 0.6 is 0 Å². The minimum Gasteiger partial charge on any atom is -0.493 e. The summed E-state index contributed by atoms with van der Waals surface area (Å²) in [7, 11) is 5.01. The molecule has 0 saturated carbocycles. The third kappa shape index (κ3) is 4.82. The monoisotopic (exact) mass is 392 g/mol.